The first-order valence-corrected chi connectivity index (χ1v) is 8.72. The molecule has 0 aromatic carbocycles. The largest absolute Gasteiger partial charge is 0.394 e. The third-order valence-electron chi connectivity index (χ3n) is 5.33. The number of carbonyl (C=O) groups is 1. The van der Waals surface area contributed by atoms with E-state index in [1.54, 1.807) is 0 Å². The number of rotatable bonds is 6. The molecule has 0 saturated heterocycles. The summed E-state index contributed by atoms with van der Waals surface area (Å²) in [6.07, 6.45) is 6.17. The molecular formula is C18H30N2O3. The predicted molar refractivity (Wildman–Crippen MR) is 89.2 cm³/mol. The van der Waals surface area contributed by atoms with Crippen molar-refractivity contribution in [2.24, 2.45) is 5.92 Å². The molecular weight excluding hydrogens is 292 g/mol. The lowest BCUT2D eigenvalue weighted by atomic mass is 9.76. The Labute approximate surface area is 138 Å². The van der Waals surface area contributed by atoms with Crippen LogP contribution in [0.5, 0.6) is 0 Å². The van der Waals surface area contributed by atoms with Gasteiger partial charge in [0.2, 0.25) is 5.91 Å². The van der Waals surface area contributed by atoms with Crippen LogP contribution in [0.15, 0.2) is 4.52 Å². The van der Waals surface area contributed by atoms with Crippen LogP contribution < -0.4 is 5.32 Å². The molecule has 2 N–H and O–H groups in total. The van der Waals surface area contributed by atoms with Crippen LogP contribution in [-0.2, 0) is 4.79 Å². The first-order chi connectivity index (χ1) is 10.9. The standard InChI is InChI=1S/C18H30N2O3/c1-12(17-13(2)20-23-14(17)3)10-16(22)19-18(4,11-21)15-8-6-5-7-9-15/h12,15,21H,5-11H2,1-4H3,(H,19,22). The van der Waals surface area contributed by atoms with E-state index in [0.717, 1.165) is 29.9 Å². The maximum Gasteiger partial charge on any atom is 0.221 e. The third kappa shape index (κ3) is 4.14. The minimum absolute atomic E-state index is 0.0108. The Morgan fingerprint density at radius 1 is 1.39 bits per heavy atom. The van der Waals surface area contributed by atoms with Gasteiger partial charge in [0.05, 0.1) is 17.8 Å². The van der Waals surface area contributed by atoms with Gasteiger partial charge in [0.25, 0.3) is 0 Å². The van der Waals surface area contributed by atoms with Crippen LogP contribution in [0.4, 0.5) is 0 Å². The van der Waals surface area contributed by atoms with E-state index < -0.39 is 5.54 Å². The van der Waals surface area contributed by atoms with Gasteiger partial charge in [-0.25, -0.2) is 0 Å². The number of nitrogens with one attached hydrogen (secondary N) is 1. The molecule has 1 aliphatic carbocycles. The Kier molecular flexibility index (Phi) is 5.84. The minimum atomic E-state index is -0.518. The fourth-order valence-electron chi connectivity index (χ4n) is 3.95. The van der Waals surface area contributed by atoms with Crippen molar-refractivity contribution in [3.63, 3.8) is 0 Å². The summed E-state index contributed by atoms with van der Waals surface area (Å²) >= 11 is 0. The average molecular weight is 322 g/mol. The molecule has 5 heteroatoms. The van der Waals surface area contributed by atoms with Crippen molar-refractivity contribution in [1.29, 1.82) is 0 Å². The average Bonchev–Trinajstić information content (AvgIpc) is 2.86. The van der Waals surface area contributed by atoms with Gasteiger partial charge < -0.3 is 14.9 Å². The summed E-state index contributed by atoms with van der Waals surface area (Å²) < 4.78 is 5.19. The molecule has 0 radical (unpaired) electrons. The fourth-order valence-corrected chi connectivity index (χ4v) is 3.95. The fraction of sp³-hybridized carbons (Fsp3) is 0.778. The zero-order valence-corrected chi connectivity index (χ0v) is 14.8. The molecule has 0 bridgehead atoms. The molecule has 1 aliphatic rings. The van der Waals surface area contributed by atoms with E-state index in [1.165, 1.54) is 19.3 Å². The summed E-state index contributed by atoms with van der Waals surface area (Å²) in [6, 6.07) is 0. The SMILES string of the molecule is Cc1noc(C)c1C(C)CC(=O)NC(C)(CO)C1CCCCC1. The Hall–Kier alpha value is -1.36. The van der Waals surface area contributed by atoms with Crippen molar-refractivity contribution in [2.45, 2.75) is 77.7 Å². The number of carbonyl (C=O) groups excluding carboxylic acids is 1. The van der Waals surface area contributed by atoms with Crippen LogP contribution >= 0.6 is 0 Å². The molecule has 23 heavy (non-hydrogen) atoms. The first kappa shape index (κ1) is 18.0. The number of aromatic nitrogens is 1. The molecule has 1 saturated carbocycles. The molecule has 130 valence electrons. The summed E-state index contributed by atoms with van der Waals surface area (Å²) in [7, 11) is 0. The lowest BCUT2D eigenvalue weighted by molar-refractivity contribution is -0.124. The van der Waals surface area contributed by atoms with Gasteiger partial charge in [-0.15, -0.1) is 0 Å². The van der Waals surface area contributed by atoms with E-state index in [9.17, 15) is 9.90 Å². The highest BCUT2D eigenvalue weighted by atomic mass is 16.5. The first-order valence-electron chi connectivity index (χ1n) is 8.72. The number of amides is 1. The highest BCUT2D eigenvalue weighted by molar-refractivity contribution is 5.77. The molecule has 1 aromatic heterocycles. The summed E-state index contributed by atoms with van der Waals surface area (Å²) in [5, 5.41) is 16.9. The Morgan fingerprint density at radius 2 is 2.04 bits per heavy atom. The monoisotopic (exact) mass is 322 g/mol. The molecule has 1 aromatic rings. The van der Waals surface area contributed by atoms with Crippen LogP contribution in [0.3, 0.4) is 0 Å². The van der Waals surface area contributed by atoms with Crippen molar-refractivity contribution in [2.75, 3.05) is 6.61 Å². The Morgan fingerprint density at radius 3 is 2.57 bits per heavy atom. The molecule has 2 unspecified atom stereocenters. The van der Waals surface area contributed by atoms with Gasteiger partial charge in [-0.05, 0) is 45.4 Å². The zero-order chi connectivity index (χ0) is 17.0. The molecule has 0 aliphatic heterocycles. The third-order valence-corrected chi connectivity index (χ3v) is 5.33. The van der Waals surface area contributed by atoms with Gasteiger partial charge in [-0.1, -0.05) is 31.3 Å². The molecule has 2 atom stereocenters. The lowest BCUT2D eigenvalue weighted by Gasteiger charge is -2.39. The molecule has 1 amide bonds. The maximum absolute atomic E-state index is 12.5. The second-order valence-electron chi connectivity index (χ2n) is 7.30. The molecule has 5 nitrogen and oxygen atoms in total. The smallest absolute Gasteiger partial charge is 0.221 e. The molecule has 1 heterocycles. The molecule has 0 spiro atoms. The van der Waals surface area contributed by atoms with E-state index in [1.807, 2.05) is 27.7 Å². The van der Waals surface area contributed by atoms with Gasteiger partial charge in [0.1, 0.15) is 5.76 Å². The van der Waals surface area contributed by atoms with Crippen LogP contribution in [0, 0.1) is 19.8 Å². The van der Waals surface area contributed by atoms with Gasteiger partial charge in [0, 0.05) is 12.0 Å². The summed E-state index contributed by atoms with van der Waals surface area (Å²) in [5.41, 5.74) is 1.35. The number of aliphatic hydroxyl groups is 1. The number of aryl methyl sites for hydroxylation is 2. The van der Waals surface area contributed by atoms with Crippen molar-refractivity contribution < 1.29 is 14.4 Å². The number of aliphatic hydroxyl groups excluding tert-OH is 1. The van der Waals surface area contributed by atoms with Crippen LogP contribution in [0.2, 0.25) is 0 Å². The van der Waals surface area contributed by atoms with Gasteiger partial charge in [-0.2, -0.15) is 0 Å². The summed E-state index contributed by atoms with van der Waals surface area (Å²) in [5.74, 6) is 1.18. The highest BCUT2D eigenvalue weighted by Crippen LogP contribution is 2.33. The van der Waals surface area contributed by atoms with Gasteiger partial charge >= 0.3 is 0 Å². The highest BCUT2D eigenvalue weighted by Gasteiger charge is 2.36. The molecule has 2 rings (SSSR count). The Balaban J connectivity index is 1.99. The van der Waals surface area contributed by atoms with Crippen molar-refractivity contribution in [3.05, 3.63) is 17.0 Å². The second-order valence-corrected chi connectivity index (χ2v) is 7.30. The van der Waals surface area contributed by atoms with E-state index >= 15 is 0 Å². The second kappa shape index (κ2) is 7.47. The van der Waals surface area contributed by atoms with E-state index in [4.69, 9.17) is 4.52 Å². The van der Waals surface area contributed by atoms with Gasteiger partial charge in [0.15, 0.2) is 0 Å². The number of hydrogen-bond acceptors (Lipinski definition) is 4. The normalized spacial score (nSPS) is 20.0. The lowest BCUT2D eigenvalue weighted by Crippen LogP contribution is -2.54. The quantitative estimate of drug-likeness (QED) is 0.843. The predicted octanol–water partition coefficient (Wildman–Crippen LogP) is 3.23. The van der Waals surface area contributed by atoms with E-state index in [-0.39, 0.29) is 18.4 Å². The zero-order valence-electron chi connectivity index (χ0n) is 14.8. The number of hydrogen-bond donors (Lipinski definition) is 2. The van der Waals surface area contributed by atoms with Crippen LogP contribution in [0.1, 0.15) is 75.3 Å². The van der Waals surface area contributed by atoms with Crippen molar-refractivity contribution in [1.82, 2.24) is 10.5 Å². The van der Waals surface area contributed by atoms with E-state index in [2.05, 4.69) is 10.5 Å². The van der Waals surface area contributed by atoms with Gasteiger partial charge in [-0.3, -0.25) is 4.79 Å². The molecule has 1 fully saturated rings. The Bertz CT molecular complexity index is 515. The summed E-state index contributed by atoms with van der Waals surface area (Å²) in [6.45, 7) is 7.76. The van der Waals surface area contributed by atoms with Crippen molar-refractivity contribution in [3.8, 4) is 0 Å². The topological polar surface area (TPSA) is 75.4 Å². The van der Waals surface area contributed by atoms with E-state index in [0.29, 0.717) is 12.3 Å². The minimum Gasteiger partial charge on any atom is -0.394 e. The van der Waals surface area contributed by atoms with Crippen LogP contribution in [-0.4, -0.2) is 28.3 Å². The summed E-state index contributed by atoms with van der Waals surface area (Å²) in [4.78, 5) is 12.5. The number of nitrogens with zero attached hydrogens (tertiary/aromatic N) is 1. The van der Waals surface area contributed by atoms with Crippen molar-refractivity contribution >= 4 is 5.91 Å². The maximum atomic E-state index is 12.5. The van der Waals surface area contributed by atoms with Crippen LogP contribution in [0.25, 0.3) is 0 Å².